The number of aliphatic carboxylic acids is 1. The maximum atomic E-state index is 12.0. The van der Waals surface area contributed by atoms with Crippen molar-refractivity contribution in [3.05, 3.63) is 28.2 Å². The smallest absolute Gasteiger partial charge is 0.478 e. The van der Waals surface area contributed by atoms with Crippen LogP contribution in [0.4, 0.5) is 18.9 Å². The Hall–Kier alpha value is -1.70. The van der Waals surface area contributed by atoms with Crippen molar-refractivity contribution in [3.63, 3.8) is 0 Å². The Morgan fingerprint density at radius 1 is 1.44 bits per heavy atom. The SMILES string of the molecule is Nc1c(Br)cc(OC(F)(F)F)cc1/C=C/C(=O)O. The van der Waals surface area contributed by atoms with E-state index in [9.17, 15) is 18.0 Å². The Bertz CT molecular complexity index is 500. The summed E-state index contributed by atoms with van der Waals surface area (Å²) in [6, 6.07) is 2.04. The first-order valence-electron chi connectivity index (χ1n) is 4.45. The minimum absolute atomic E-state index is 0.103. The molecule has 0 fully saturated rings. The molecule has 0 aliphatic carbocycles. The van der Waals surface area contributed by atoms with Crippen LogP contribution in [-0.4, -0.2) is 17.4 Å². The number of carbonyl (C=O) groups is 1. The zero-order chi connectivity index (χ0) is 13.9. The summed E-state index contributed by atoms with van der Waals surface area (Å²) in [6.07, 6.45) is -3.00. The van der Waals surface area contributed by atoms with Gasteiger partial charge in [0.15, 0.2) is 0 Å². The number of hydrogen-bond donors (Lipinski definition) is 2. The largest absolute Gasteiger partial charge is 0.573 e. The molecule has 8 heteroatoms. The summed E-state index contributed by atoms with van der Waals surface area (Å²) in [5, 5.41) is 8.44. The van der Waals surface area contributed by atoms with E-state index in [1.165, 1.54) is 0 Å². The van der Waals surface area contributed by atoms with Crippen LogP contribution in [0.3, 0.4) is 0 Å². The molecule has 0 aromatic heterocycles. The number of ether oxygens (including phenoxy) is 1. The van der Waals surface area contributed by atoms with Crippen LogP contribution in [0.1, 0.15) is 5.56 Å². The van der Waals surface area contributed by atoms with Gasteiger partial charge in [0.25, 0.3) is 0 Å². The van der Waals surface area contributed by atoms with Gasteiger partial charge in [0.05, 0.1) is 5.69 Å². The second-order valence-corrected chi connectivity index (χ2v) is 3.98. The third kappa shape index (κ3) is 4.28. The first-order valence-corrected chi connectivity index (χ1v) is 5.24. The number of carboxylic acids is 1. The molecular formula is C10H7BrF3NO3. The number of benzene rings is 1. The van der Waals surface area contributed by atoms with E-state index in [1.807, 2.05) is 0 Å². The van der Waals surface area contributed by atoms with Gasteiger partial charge in [-0.1, -0.05) is 0 Å². The minimum atomic E-state index is -4.83. The van der Waals surface area contributed by atoms with Gasteiger partial charge in [-0.15, -0.1) is 13.2 Å². The molecule has 3 N–H and O–H groups in total. The van der Waals surface area contributed by atoms with Crippen molar-refractivity contribution >= 4 is 33.7 Å². The lowest BCUT2D eigenvalue weighted by atomic mass is 10.1. The number of halogens is 4. The molecule has 1 aromatic carbocycles. The van der Waals surface area contributed by atoms with Crippen LogP contribution in [0.2, 0.25) is 0 Å². The van der Waals surface area contributed by atoms with E-state index in [0.717, 1.165) is 24.3 Å². The van der Waals surface area contributed by atoms with Gasteiger partial charge in [-0.25, -0.2) is 4.79 Å². The van der Waals surface area contributed by atoms with E-state index >= 15 is 0 Å². The van der Waals surface area contributed by atoms with Gasteiger partial charge in [-0.3, -0.25) is 0 Å². The summed E-state index contributed by atoms with van der Waals surface area (Å²) in [5.74, 6) is -1.73. The van der Waals surface area contributed by atoms with E-state index in [2.05, 4.69) is 20.7 Å². The van der Waals surface area contributed by atoms with Crippen LogP contribution in [0.5, 0.6) is 5.75 Å². The highest BCUT2D eigenvalue weighted by Gasteiger charge is 2.31. The molecule has 0 amide bonds. The second-order valence-electron chi connectivity index (χ2n) is 3.13. The van der Waals surface area contributed by atoms with Gasteiger partial charge in [0.2, 0.25) is 0 Å². The second kappa shape index (κ2) is 5.30. The summed E-state index contributed by atoms with van der Waals surface area (Å²) in [5.41, 5.74) is 5.79. The van der Waals surface area contributed by atoms with E-state index in [0.29, 0.717) is 0 Å². The van der Waals surface area contributed by atoms with Crippen LogP contribution >= 0.6 is 15.9 Å². The van der Waals surface area contributed by atoms with Gasteiger partial charge >= 0.3 is 12.3 Å². The monoisotopic (exact) mass is 325 g/mol. The van der Waals surface area contributed by atoms with Gasteiger partial charge in [0, 0.05) is 16.1 Å². The minimum Gasteiger partial charge on any atom is -0.478 e. The van der Waals surface area contributed by atoms with E-state index in [4.69, 9.17) is 10.8 Å². The average Bonchev–Trinajstić information content (AvgIpc) is 2.18. The number of carboxylic acid groups (broad SMARTS) is 1. The molecule has 0 unspecified atom stereocenters. The summed E-state index contributed by atoms with van der Waals surface area (Å²) < 4.78 is 40.0. The van der Waals surface area contributed by atoms with Crippen LogP contribution in [0.15, 0.2) is 22.7 Å². The number of nitrogen functional groups attached to an aromatic ring is 1. The molecular weight excluding hydrogens is 319 g/mol. The Kier molecular flexibility index (Phi) is 4.23. The molecule has 0 heterocycles. The normalized spacial score (nSPS) is 11.8. The fourth-order valence-electron chi connectivity index (χ4n) is 1.10. The van der Waals surface area contributed by atoms with Crippen molar-refractivity contribution in [2.45, 2.75) is 6.36 Å². The highest BCUT2D eigenvalue weighted by Crippen LogP contribution is 2.32. The molecule has 1 aromatic rings. The number of alkyl halides is 3. The highest BCUT2D eigenvalue weighted by molar-refractivity contribution is 9.10. The van der Waals surface area contributed by atoms with Crippen molar-refractivity contribution in [2.75, 3.05) is 5.73 Å². The molecule has 0 spiro atoms. The Morgan fingerprint density at radius 2 is 2.06 bits per heavy atom. The van der Waals surface area contributed by atoms with E-state index < -0.39 is 18.1 Å². The van der Waals surface area contributed by atoms with Crippen molar-refractivity contribution in [3.8, 4) is 5.75 Å². The zero-order valence-electron chi connectivity index (χ0n) is 8.66. The molecule has 4 nitrogen and oxygen atoms in total. The fourth-order valence-corrected chi connectivity index (χ4v) is 1.56. The third-order valence-electron chi connectivity index (χ3n) is 1.77. The number of nitrogens with two attached hydrogens (primary N) is 1. The Morgan fingerprint density at radius 3 is 2.56 bits per heavy atom. The predicted octanol–water partition coefficient (Wildman–Crippen LogP) is 3.03. The number of anilines is 1. The first-order chi connectivity index (χ1) is 8.19. The van der Waals surface area contributed by atoms with Gasteiger partial charge < -0.3 is 15.6 Å². The predicted molar refractivity (Wildman–Crippen MR) is 61.9 cm³/mol. The van der Waals surface area contributed by atoms with Gasteiger partial charge in [0.1, 0.15) is 5.75 Å². The van der Waals surface area contributed by atoms with Crippen molar-refractivity contribution < 1.29 is 27.8 Å². The molecule has 0 saturated heterocycles. The summed E-state index contributed by atoms with van der Waals surface area (Å²) >= 11 is 2.96. The molecule has 18 heavy (non-hydrogen) atoms. The number of hydrogen-bond acceptors (Lipinski definition) is 3. The Balaban J connectivity index is 3.14. The molecule has 0 radical (unpaired) electrons. The molecule has 1 rings (SSSR count). The number of rotatable bonds is 3. The molecule has 98 valence electrons. The zero-order valence-corrected chi connectivity index (χ0v) is 10.2. The summed E-state index contributed by atoms with van der Waals surface area (Å²) in [4.78, 5) is 10.3. The Labute approximate surface area is 108 Å². The van der Waals surface area contributed by atoms with E-state index in [-0.39, 0.29) is 15.7 Å². The van der Waals surface area contributed by atoms with Crippen molar-refractivity contribution in [1.82, 2.24) is 0 Å². The third-order valence-corrected chi connectivity index (χ3v) is 2.43. The van der Waals surface area contributed by atoms with Crippen LogP contribution in [0.25, 0.3) is 6.08 Å². The van der Waals surface area contributed by atoms with E-state index in [1.54, 1.807) is 0 Å². The first kappa shape index (κ1) is 14.4. The summed E-state index contributed by atoms with van der Waals surface area (Å²) in [6.45, 7) is 0. The van der Waals surface area contributed by atoms with Crippen LogP contribution in [-0.2, 0) is 4.79 Å². The average molecular weight is 326 g/mol. The lowest BCUT2D eigenvalue weighted by Gasteiger charge is -2.11. The lowest BCUT2D eigenvalue weighted by Crippen LogP contribution is -2.17. The fraction of sp³-hybridized carbons (Fsp3) is 0.100. The standard InChI is InChI=1S/C10H7BrF3NO3/c11-7-4-6(18-10(12,13)14)3-5(9(7)15)1-2-8(16)17/h1-4H,15H2,(H,16,17)/b2-1+. The maximum absolute atomic E-state index is 12.0. The van der Waals surface area contributed by atoms with Gasteiger partial charge in [-0.2, -0.15) is 0 Å². The maximum Gasteiger partial charge on any atom is 0.573 e. The lowest BCUT2D eigenvalue weighted by molar-refractivity contribution is -0.274. The topological polar surface area (TPSA) is 72.5 Å². The molecule has 0 atom stereocenters. The summed E-state index contributed by atoms with van der Waals surface area (Å²) in [7, 11) is 0. The molecule has 0 aliphatic heterocycles. The quantitative estimate of drug-likeness (QED) is 0.661. The van der Waals surface area contributed by atoms with Gasteiger partial charge in [-0.05, 0) is 34.1 Å². The van der Waals surface area contributed by atoms with Crippen LogP contribution < -0.4 is 10.5 Å². The van der Waals surface area contributed by atoms with Crippen molar-refractivity contribution in [2.24, 2.45) is 0 Å². The van der Waals surface area contributed by atoms with Crippen molar-refractivity contribution in [1.29, 1.82) is 0 Å². The highest BCUT2D eigenvalue weighted by atomic mass is 79.9. The van der Waals surface area contributed by atoms with Crippen LogP contribution in [0, 0.1) is 0 Å². The molecule has 0 saturated carbocycles. The molecule has 0 bridgehead atoms. The molecule has 0 aliphatic rings.